The fraction of sp³-hybridized carbons (Fsp3) is 0.357. The van der Waals surface area contributed by atoms with E-state index in [9.17, 15) is 9.59 Å². The average molecular weight is 495 g/mol. The maximum Gasteiger partial charge on any atom is 0.341 e. The average Bonchev–Trinajstić information content (AvgIpc) is 2.88. The van der Waals surface area contributed by atoms with Crippen LogP contribution in [0.5, 0.6) is 11.5 Å². The molecule has 1 aliphatic rings. The van der Waals surface area contributed by atoms with Crippen molar-refractivity contribution in [2.75, 3.05) is 14.2 Å². The van der Waals surface area contributed by atoms with Gasteiger partial charge in [-0.1, -0.05) is 42.5 Å². The fourth-order valence-corrected chi connectivity index (χ4v) is 4.88. The monoisotopic (exact) mass is 494 g/mol. The number of ether oxygens (including phenoxy) is 4. The van der Waals surface area contributed by atoms with Crippen LogP contribution in [0.1, 0.15) is 48.5 Å². The second kappa shape index (κ2) is 10.7. The van der Waals surface area contributed by atoms with Crippen molar-refractivity contribution >= 4 is 37.3 Å². The van der Waals surface area contributed by atoms with Gasteiger partial charge in [-0.25, -0.2) is 4.79 Å². The van der Waals surface area contributed by atoms with Gasteiger partial charge in [0, 0.05) is 5.30 Å². The topological polar surface area (TPSA) is 71.1 Å². The summed E-state index contributed by atoms with van der Waals surface area (Å²) in [4.78, 5) is 25.2. The van der Waals surface area contributed by atoms with Gasteiger partial charge in [-0.05, 0) is 61.1 Å². The third-order valence-corrected chi connectivity index (χ3v) is 7.25. The van der Waals surface area contributed by atoms with Gasteiger partial charge in [-0.15, -0.1) is 9.24 Å². The number of methoxy groups -OCH3 is 2. The van der Waals surface area contributed by atoms with Crippen molar-refractivity contribution in [1.82, 2.24) is 0 Å². The van der Waals surface area contributed by atoms with Gasteiger partial charge in [0.2, 0.25) is 0 Å². The van der Waals surface area contributed by atoms with Crippen molar-refractivity contribution in [3.63, 3.8) is 0 Å². The summed E-state index contributed by atoms with van der Waals surface area (Å²) in [6, 6.07) is 17.5. The quantitative estimate of drug-likeness (QED) is 0.332. The van der Waals surface area contributed by atoms with Crippen LogP contribution in [0, 0.1) is 5.41 Å². The van der Waals surface area contributed by atoms with Crippen LogP contribution in [0.4, 0.5) is 0 Å². The second-order valence-electron chi connectivity index (χ2n) is 9.17. The van der Waals surface area contributed by atoms with E-state index in [0.29, 0.717) is 42.7 Å². The lowest BCUT2D eigenvalue weighted by Gasteiger charge is -2.35. The number of rotatable bonds is 7. The highest BCUT2D eigenvalue weighted by Gasteiger charge is 2.39. The highest BCUT2D eigenvalue weighted by atomic mass is 31.0. The van der Waals surface area contributed by atoms with Gasteiger partial charge in [0.05, 0.1) is 25.7 Å². The van der Waals surface area contributed by atoms with Gasteiger partial charge < -0.3 is 18.9 Å². The third-order valence-electron chi connectivity index (χ3n) is 6.80. The Kier molecular flexibility index (Phi) is 7.61. The van der Waals surface area contributed by atoms with E-state index in [2.05, 4.69) is 21.4 Å². The van der Waals surface area contributed by atoms with E-state index in [1.807, 2.05) is 37.3 Å². The summed E-state index contributed by atoms with van der Waals surface area (Å²) in [5.74, 6) is 0.359. The SMILES string of the molecule is COC(=O)c1cc(OC2CCC(C)(C(=O)OCc3cccc4ccccc34)CC2)c(P)cc1OC. The molecule has 4 rings (SSSR count). The summed E-state index contributed by atoms with van der Waals surface area (Å²) >= 11 is 0. The van der Waals surface area contributed by atoms with Crippen LogP contribution in [0.25, 0.3) is 10.8 Å². The standard InChI is InChI=1S/C28H31O6P/c1-28(27(30)33-17-19-9-6-8-18-7-4-5-10-21(18)19)13-11-20(12-14-28)34-24-15-22(26(29)32-3)23(31-2)16-25(24)35/h4-10,15-16,20H,11-14,17,35H2,1-3H3. The van der Waals surface area contributed by atoms with E-state index in [4.69, 9.17) is 18.9 Å². The van der Waals surface area contributed by atoms with Crippen molar-refractivity contribution < 1.29 is 28.5 Å². The lowest BCUT2D eigenvalue weighted by atomic mass is 9.74. The Morgan fingerprint density at radius 2 is 1.71 bits per heavy atom. The largest absolute Gasteiger partial charge is 0.496 e. The van der Waals surface area contributed by atoms with Gasteiger partial charge >= 0.3 is 11.9 Å². The van der Waals surface area contributed by atoms with E-state index in [0.717, 1.165) is 21.6 Å². The molecule has 0 aliphatic heterocycles. The first kappa shape index (κ1) is 25.0. The molecule has 1 saturated carbocycles. The normalized spacial score (nSPS) is 19.7. The smallest absolute Gasteiger partial charge is 0.341 e. The van der Waals surface area contributed by atoms with E-state index in [1.54, 1.807) is 12.1 Å². The van der Waals surface area contributed by atoms with E-state index in [-0.39, 0.29) is 18.7 Å². The number of hydrogen-bond donors (Lipinski definition) is 0. The number of benzene rings is 3. The van der Waals surface area contributed by atoms with Crippen LogP contribution in [0.15, 0.2) is 54.6 Å². The fourth-order valence-electron chi connectivity index (χ4n) is 4.58. The Morgan fingerprint density at radius 3 is 2.43 bits per heavy atom. The summed E-state index contributed by atoms with van der Waals surface area (Å²) in [5, 5.41) is 3.02. The molecule has 35 heavy (non-hydrogen) atoms. The molecule has 0 saturated heterocycles. The molecule has 3 aromatic carbocycles. The molecule has 3 aromatic rings. The zero-order chi connectivity index (χ0) is 25.0. The Morgan fingerprint density at radius 1 is 1.00 bits per heavy atom. The Bertz CT molecular complexity index is 1220. The Labute approximate surface area is 208 Å². The lowest BCUT2D eigenvalue weighted by Crippen LogP contribution is -2.37. The summed E-state index contributed by atoms with van der Waals surface area (Å²) in [7, 11) is 5.46. The molecule has 0 aromatic heterocycles. The molecular formula is C28H31O6P. The minimum atomic E-state index is -0.550. The van der Waals surface area contributed by atoms with Crippen LogP contribution in [0.3, 0.4) is 0 Å². The van der Waals surface area contributed by atoms with Crippen LogP contribution in [0.2, 0.25) is 0 Å². The summed E-state index contributed by atoms with van der Waals surface area (Å²) in [6.07, 6.45) is 2.69. The minimum Gasteiger partial charge on any atom is -0.496 e. The van der Waals surface area contributed by atoms with Crippen molar-refractivity contribution in [3.8, 4) is 11.5 Å². The number of fused-ring (bicyclic) bond motifs is 1. The molecule has 6 nitrogen and oxygen atoms in total. The van der Waals surface area contributed by atoms with Crippen LogP contribution in [-0.4, -0.2) is 32.3 Å². The van der Waals surface area contributed by atoms with Crippen molar-refractivity contribution in [2.24, 2.45) is 5.41 Å². The molecule has 0 amide bonds. The van der Waals surface area contributed by atoms with Gasteiger partial charge in [-0.2, -0.15) is 0 Å². The van der Waals surface area contributed by atoms with E-state index in [1.165, 1.54) is 14.2 Å². The first-order chi connectivity index (χ1) is 16.8. The minimum absolute atomic E-state index is 0.0628. The summed E-state index contributed by atoms with van der Waals surface area (Å²) in [5.41, 5.74) is 0.769. The van der Waals surface area contributed by atoms with Gasteiger partial charge in [0.15, 0.2) is 0 Å². The Balaban J connectivity index is 1.38. The first-order valence-corrected chi connectivity index (χ1v) is 12.3. The molecule has 0 spiro atoms. The lowest BCUT2D eigenvalue weighted by molar-refractivity contribution is -0.159. The molecule has 1 aliphatic carbocycles. The second-order valence-corrected chi connectivity index (χ2v) is 9.80. The number of carbonyl (C=O) groups excluding carboxylic acids is 2. The molecule has 0 N–H and O–H groups in total. The number of hydrogen-bond acceptors (Lipinski definition) is 6. The van der Waals surface area contributed by atoms with Crippen molar-refractivity contribution in [1.29, 1.82) is 0 Å². The van der Waals surface area contributed by atoms with E-state index < -0.39 is 11.4 Å². The molecule has 0 radical (unpaired) electrons. The van der Waals surface area contributed by atoms with Gasteiger partial charge in [0.25, 0.3) is 0 Å². The number of carbonyl (C=O) groups is 2. The van der Waals surface area contributed by atoms with Crippen molar-refractivity contribution in [2.45, 2.75) is 45.3 Å². The summed E-state index contributed by atoms with van der Waals surface area (Å²) in [6.45, 7) is 2.23. The molecule has 0 bridgehead atoms. The maximum absolute atomic E-state index is 13.0. The van der Waals surface area contributed by atoms with Crippen LogP contribution >= 0.6 is 9.24 Å². The highest BCUT2D eigenvalue weighted by Crippen LogP contribution is 2.39. The zero-order valence-corrected chi connectivity index (χ0v) is 21.5. The van der Waals surface area contributed by atoms with Gasteiger partial charge in [0.1, 0.15) is 23.7 Å². The maximum atomic E-state index is 13.0. The molecule has 7 heteroatoms. The van der Waals surface area contributed by atoms with Crippen LogP contribution < -0.4 is 14.8 Å². The molecular weight excluding hydrogens is 463 g/mol. The number of esters is 2. The Hall–Kier alpha value is -3.11. The zero-order valence-electron chi connectivity index (χ0n) is 20.3. The molecule has 1 atom stereocenters. The summed E-state index contributed by atoms with van der Waals surface area (Å²) < 4.78 is 22.2. The van der Waals surface area contributed by atoms with Gasteiger partial charge in [-0.3, -0.25) is 4.79 Å². The molecule has 1 unspecified atom stereocenters. The third kappa shape index (κ3) is 5.43. The van der Waals surface area contributed by atoms with E-state index >= 15 is 0 Å². The molecule has 184 valence electrons. The molecule has 1 fully saturated rings. The van der Waals surface area contributed by atoms with Crippen LogP contribution in [-0.2, 0) is 20.9 Å². The predicted molar refractivity (Wildman–Crippen MR) is 138 cm³/mol. The molecule has 0 heterocycles. The highest BCUT2D eigenvalue weighted by molar-refractivity contribution is 7.27. The first-order valence-electron chi connectivity index (χ1n) is 11.7. The predicted octanol–water partition coefficient (Wildman–Crippen LogP) is 5.21. The van der Waals surface area contributed by atoms with Crippen molar-refractivity contribution in [3.05, 3.63) is 65.7 Å².